The lowest BCUT2D eigenvalue weighted by molar-refractivity contribution is -0.122. The van der Waals surface area contributed by atoms with Gasteiger partial charge in [-0.1, -0.05) is 56.3 Å². The van der Waals surface area contributed by atoms with E-state index in [1.165, 1.54) is 0 Å². The number of rotatable bonds is 10. The van der Waals surface area contributed by atoms with E-state index in [1.807, 2.05) is 55.5 Å². The molecule has 0 aliphatic rings. The maximum Gasteiger partial charge on any atom is 0.409 e. The summed E-state index contributed by atoms with van der Waals surface area (Å²) in [6, 6.07) is 17.9. The topological polar surface area (TPSA) is 46.6 Å². The van der Waals surface area contributed by atoms with Gasteiger partial charge in [0.05, 0.1) is 5.41 Å². The van der Waals surface area contributed by atoms with Gasteiger partial charge in [-0.15, -0.1) is 0 Å². The minimum absolute atomic E-state index is 0.00733. The molecule has 0 fully saturated rings. The number of halogens is 1. The Labute approximate surface area is 200 Å². The van der Waals surface area contributed by atoms with Crippen LogP contribution in [-0.2, 0) is 21.6 Å². The minimum Gasteiger partial charge on any atom is -0.445 e. The number of carbonyl (C=O) groups excluding carboxylic acids is 2. The molecule has 0 bridgehead atoms. The standard InChI is InChI=1S/C26H34INO3/c1-20(29)26(4,22-12-9-13-23(27)18-22)15-14-25(2,3)16-17-28(5)24(30)31-19-21-10-7-6-8-11-21/h6-13,18H,14-17,19H2,1-5H3. The molecule has 4 nitrogen and oxygen atoms in total. The highest BCUT2D eigenvalue weighted by atomic mass is 127. The predicted molar refractivity (Wildman–Crippen MR) is 134 cm³/mol. The number of amides is 1. The third-order valence-corrected chi connectivity index (χ3v) is 6.85. The van der Waals surface area contributed by atoms with Gasteiger partial charge < -0.3 is 9.64 Å². The zero-order chi connectivity index (χ0) is 23.1. The molecule has 0 N–H and O–H groups in total. The number of Topliss-reactive ketones (excluding diaryl/α,β-unsaturated/α-hetero) is 1. The molecule has 1 atom stereocenters. The Kier molecular flexibility index (Phi) is 9.10. The normalized spacial score (nSPS) is 13.4. The molecule has 0 saturated heterocycles. The van der Waals surface area contributed by atoms with Crippen molar-refractivity contribution >= 4 is 34.5 Å². The van der Waals surface area contributed by atoms with E-state index in [0.29, 0.717) is 6.54 Å². The highest BCUT2D eigenvalue weighted by Crippen LogP contribution is 2.37. The second-order valence-electron chi connectivity index (χ2n) is 9.27. The molecule has 2 aromatic rings. The van der Waals surface area contributed by atoms with E-state index in [-0.39, 0.29) is 23.9 Å². The van der Waals surface area contributed by atoms with Gasteiger partial charge in [0.1, 0.15) is 12.4 Å². The first kappa shape index (κ1) is 25.4. The van der Waals surface area contributed by atoms with Crippen LogP contribution in [-0.4, -0.2) is 30.4 Å². The average molecular weight is 535 g/mol. The third kappa shape index (κ3) is 7.63. The maximum atomic E-state index is 12.6. The fraction of sp³-hybridized carbons (Fsp3) is 0.462. The van der Waals surface area contributed by atoms with Gasteiger partial charge in [-0.05, 0) is 84.4 Å². The summed E-state index contributed by atoms with van der Waals surface area (Å²) in [7, 11) is 1.77. The summed E-state index contributed by atoms with van der Waals surface area (Å²) < 4.78 is 6.55. The summed E-state index contributed by atoms with van der Waals surface area (Å²) in [5.41, 5.74) is 1.54. The molecule has 1 amide bonds. The van der Waals surface area contributed by atoms with E-state index < -0.39 is 5.41 Å². The van der Waals surface area contributed by atoms with E-state index in [9.17, 15) is 9.59 Å². The smallest absolute Gasteiger partial charge is 0.409 e. The number of carbonyl (C=O) groups is 2. The highest BCUT2D eigenvalue weighted by molar-refractivity contribution is 14.1. The molecule has 0 aliphatic carbocycles. The van der Waals surface area contributed by atoms with E-state index in [0.717, 1.165) is 34.0 Å². The summed E-state index contributed by atoms with van der Waals surface area (Å²) >= 11 is 2.29. The molecule has 2 rings (SSSR count). The minimum atomic E-state index is -0.501. The van der Waals surface area contributed by atoms with Crippen LogP contribution >= 0.6 is 22.6 Å². The number of hydrogen-bond donors (Lipinski definition) is 0. The van der Waals surface area contributed by atoms with Crippen molar-refractivity contribution in [3.63, 3.8) is 0 Å². The lowest BCUT2D eigenvalue weighted by atomic mass is 9.71. The summed E-state index contributed by atoms with van der Waals surface area (Å²) in [5.74, 6) is 0.187. The van der Waals surface area contributed by atoms with Crippen molar-refractivity contribution in [2.75, 3.05) is 13.6 Å². The van der Waals surface area contributed by atoms with Crippen LogP contribution in [0, 0.1) is 8.99 Å². The highest BCUT2D eigenvalue weighted by Gasteiger charge is 2.34. The maximum absolute atomic E-state index is 12.6. The average Bonchev–Trinajstić information content (AvgIpc) is 2.74. The summed E-state index contributed by atoms with van der Waals surface area (Å²) in [4.78, 5) is 26.5. The molecule has 0 aromatic heterocycles. The van der Waals surface area contributed by atoms with Crippen molar-refractivity contribution in [3.8, 4) is 0 Å². The molecule has 0 spiro atoms. The quantitative estimate of drug-likeness (QED) is 0.322. The van der Waals surface area contributed by atoms with Gasteiger partial charge in [-0.3, -0.25) is 4.79 Å². The molecule has 0 heterocycles. The largest absolute Gasteiger partial charge is 0.445 e. The van der Waals surface area contributed by atoms with Gasteiger partial charge in [0.2, 0.25) is 0 Å². The van der Waals surface area contributed by atoms with E-state index >= 15 is 0 Å². The number of ketones is 1. The second kappa shape index (κ2) is 11.1. The Morgan fingerprint density at radius 3 is 2.26 bits per heavy atom. The Balaban J connectivity index is 1.89. The summed E-state index contributed by atoms with van der Waals surface area (Å²) in [5, 5.41) is 0. The molecule has 168 valence electrons. The van der Waals surface area contributed by atoms with Crippen LogP contribution < -0.4 is 0 Å². The molecule has 0 radical (unpaired) electrons. The zero-order valence-corrected chi connectivity index (χ0v) is 21.4. The van der Waals surface area contributed by atoms with Crippen LogP contribution in [0.25, 0.3) is 0 Å². The summed E-state index contributed by atoms with van der Waals surface area (Å²) in [6.07, 6.45) is 2.19. The second-order valence-corrected chi connectivity index (χ2v) is 10.5. The van der Waals surface area contributed by atoms with E-state index in [4.69, 9.17) is 4.74 Å². The summed E-state index contributed by atoms with van der Waals surface area (Å²) in [6.45, 7) is 9.02. The van der Waals surface area contributed by atoms with Crippen LogP contribution in [0.3, 0.4) is 0 Å². The monoisotopic (exact) mass is 535 g/mol. The van der Waals surface area contributed by atoms with Gasteiger partial charge in [0.15, 0.2) is 0 Å². The van der Waals surface area contributed by atoms with Gasteiger partial charge in [-0.2, -0.15) is 0 Å². The van der Waals surface area contributed by atoms with Crippen molar-refractivity contribution in [3.05, 3.63) is 69.3 Å². The van der Waals surface area contributed by atoms with Crippen molar-refractivity contribution in [2.24, 2.45) is 5.41 Å². The molecule has 5 heteroatoms. The van der Waals surface area contributed by atoms with Crippen LogP contribution in [0.5, 0.6) is 0 Å². The first-order valence-electron chi connectivity index (χ1n) is 10.7. The number of nitrogens with zero attached hydrogens (tertiary/aromatic N) is 1. The predicted octanol–water partition coefficient (Wildman–Crippen LogP) is 6.60. The van der Waals surface area contributed by atoms with Gasteiger partial charge in [0.25, 0.3) is 0 Å². The van der Waals surface area contributed by atoms with E-state index in [1.54, 1.807) is 18.9 Å². The molecule has 1 unspecified atom stereocenters. The molecular formula is C26H34INO3. The zero-order valence-electron chi connectivity index (χ0n) is 19.3. The number of hydrogen-bond acceptors (Lipinski definition) is 3. The van der Waals surface area contributed by atoms with Gasteiger partial charge >= 0.3 is 6.09 Å². The number of ether oxygens (including phenoxy) is 1. The molecule has 0 saturated carbocycles. The molecule has 2 aromatic carbocycles. The molecule has 31 heavy (non-hydrogen) atoms. The van der Waals surface area contributed by atoms with Crippen LogP contribution in [0.2, 0.25) is 0 Å². The first-order valence-corrected chi connectivity index (χ1v) is 11.8. The lowest BCUT2D eigenvalue weighted by Crippen LogP contribution is -2.34. The van der Waals surface area contributed by atoms with Crippen molar-refractivity contribution in [1.29, 1.82) is 0 Å². The van der Waals surface area contributed by atoms with E-state index in [2.05, 4.69) is 42.5 Å². The van der Waals surface area contributed by atoms with Gasteiger partial charge in [-0.25, -0.2) is 4.79 Å². The van der Waals surface area contributed by atoms with Crippen molar-refractivity contribution in [2.45, 2.75) is 59.0 Å². The lowest BCUT2D eigenvalue weighted by Gasteiger charge is -2.33. The van der Waals surface area contributed by atoms with Crippen LogP contribution in [0.1, 0.15) is 58.1 Å². The molecule has 0 aliphatic heterocycles. The Morgan fingerprint density at radius 1 is 0.968 bits per heavy atom. The fourth-order valence-corrected chi connectivity index (χ4v) is 4.00. The van der Waals surface area contributed by atoms with Crippen molar-refractivity contribution in [1.82, 2.24) is 4.90 Å². The third-order valence-electron chi connectivity index (χ3n) is 6.18. The van der Waals surface area contributed by atoms with Crippen molar-refractivity contribution < 1.29 is 14.3 Å². The fourth-order valence-electron chi connectivity index (χ4n) is 3.46. The van der Waals surface area contributed by atoms with Crippen LogP contribution in [0.4, 0.5) is 4.79 Å². The van der Waals surface area contributed by atoms with Gasteiger partial charge in [0, 0.05) is 17.2 Å². The Morgan fingerprint density at radius 2 is 1.65 bits per heavy atom. The first-order chi connectivity index (χ1) is 14.5. The SMILES string of the molecule is CC(=O)C(C)(CCC(C)(C)CCN(C)C(=O)OCc1ccccc1)c1cccc(I)c1. The number of benzene rings is 2. The van der Waals surface area contributed by atoms with Crippen LogP contribution in [0.15, 0.2) is 54.6 Å². The Hall–Kier alpha value is -1.89. The Bertz CT molecular complexity index is 881. The molecular weight excluding hydrogens is 501 g/mol.